The van der Waals surface area contributed by atoms with Gasteiger partial charge in [-0.1, -0.05) is 31.5 Å². The van der Waals surface area contributed by atoms with Crippen LogP contribution in [0.5, 0.6) is 5.75 Å². The monoisotopic (exact) mass is 291 g/mol. The molecule has 0 radical (unpaired) electrons. The van der Waals surface area contributed by atoms with Crippen LogP contribution in [-0.4, -0.2) is 25.2 Å². The van der Waals surface area contributed by atoms with E-state index in [2.05, 4.69) is 13.0 Å². The minimum Gasteiger partial charge on any atom is -0.490 e. The van der Waals surface area contributed by atoms with Gasteiger partial charge in [-0.25, -0.2) is 0 Å². The third-order valence-electron chi connectivity index (χ3n) is 4.16. The average molecular weight is 291 g/mol. The lowest BCUT2D eigenvalue weighted by molar-refractivity contribution is -0.157. The molecule has 2 rings (SSSR count). The molecule has 0 saturated carbocycles. The predicted octanol–water partition coefficient (Wildman–Crippen LogP) is 2.69. The second kappa shape index (κ2) is 6.94. The molecule has 116 valence electrons. The quantitative estimate of drug-likeness (QED) is 0.785. The first kappa shape index (κ1) is 15.8. The zero-order valence-electron chi connectivity index (χ0n) is 12.9. The van der Waals surface area contributed by atoms with Crippen LogP contribution in [0.15, 0.2) is 24.3 Å². The van der Waals surface area contributed by atoms with Crippen molar-refractivity contribution in [3.05, 3.63) is 29.8 Å². The summed E-state index contributed by atoms with van der Waals surface area (Å²) >= 11 is 0. The lowest BCUT2D eigenvalue weighted by Crippen LogP contribution is -2.43. The van der Waals surface area contributed by atoms with E-state index in [-0.39, 0.29) is 12.1 Å². The summed E-state index contributed by atoms with van der Waals surface area (Å²) in [5, 5.41) is 0. The maximum atomic E-state index is 12.4. The molecule has 0 bridgehead atoms. The van der Waals surface area contributed by atoms with Gasteiger partial charge in [-0.05, 0) is 25.0 Å². The minimum absolute atomic E-state index is 0.00176. The first-order valence-corrected chi connectivity index (χ1v) is 7.77. The summed E-state index contributed by atoms with van der Waals surface area (Å²) in [5.74, 6) is 0.739. The lowest BCUT2D eigenvalue weighted by atomic mass is 9.77. The molecule has 1 aliphatic rings. The summed E-state index contributed by atoms with van der Waals surface area (Å²) in [6.45, 7) is 4.58. The van der Waals surface area contributed by atoms with Crippen LogP contribution in [0, 0.1) is 5.41 Å². The number of carbonyl (C=O) groups excluding carboxylic acids is 1. The van der Waals surface area contributed by atoms with E-state index in [1.165, 1.54) is 5.56 Å². The fourth-order valence-electron chi connectivity index (χ4n) is 3.12. The van der Waals surface area contributed by atoms with Gasteiger partial charge in [0.2, 0.25) is 0 Å². The Hall–Kier alpha value is -1.55. The molecular weight excluding hydrogens is 266 g/mol. The molecule has 1 heterocycles. The molecule has 0 spiro atoms. The number of ether oxygens (including phenoxy) is 2. The van der Waals surface area contributed by atoms with Gasteiger partial charge in [-0.2, -0.15) is 0 Å². The molecule has 2 unspecified atom stereocenters. The summed E-state index contributed by atoms with van der Waals surface area (Å²) in [4.78, 5) is 12.4. The van der Waals surface area contributed by atoms with E-state index in [1.807, 2.05) is 25.1 Å². The number of benzene rings is 1. The van der Waals surface area contributed by atoms with Crippen LogP contribution in [-0.2, 0) is 16.0 Å². The van der Waals surface area contributed by atoms with Crippen molar-refractivity contribution in [2.24, 2.45) is 11.1 Å². The summed E-state index contributed by atoms with van der Waals surface area (Å²) < 4.78 is 11.2. The van der Waals surface area contributed by atoms with E-state index in [4.69, 9.17) is 15.2 Å². The smallest absolute Gasteiger partial charge is 0.313 e. The zero-order chi connectivity index (χ0) is 15.3. The highest BCUT2D eigenvalue weighted by molar-refractivity contribution is 5.77. The van der Waals surface area contributed by atoms with Crippen LogP contribution >= 0.6 is 0 Å². The van der Waals surface area contributed by atoms with Crippen LogP contribution in [0.25, 0.3) is 0 Å². The Kier molecular flexibility index (Phi) is 5.23. The molecule has 21 heavy (non-hydrogen) atoms. The van der Waals surface area contributed by atoms with Gasteiger partial charge in [0.15, 0.2) is 0 Å². The van der Waals surface area contributed by atoms with Crippen LogP contribution < -0.4 is 10.5 Å². The number of carbonyl (C=O) groups is 1. The zero-order valence-corrected chi connectivity index (χ0v) is 12.9. The molecule has 0 aliphatic carbocycles. The highest BCUT2D eigenvalue weighted by atomic mass is 16.5. The predicted molar refractivity (Wildman–Crippen MR) is 82.2 cm³/mol. The second-order valence-electron chi connectivity index (χ2n) is 5.71. The molecule has 4 nitrogen and oxygen atoms in total. The third-order valence-corrected chi connectivity index (χ3v) is 4.16. The van der Waals surface area contributed by atoms with Gasteiger partial charge in [-0.3, -0.25) is 4.79 Å². The Morgan fingerprint density at radius 2 is 2.19 bits per heavy atom. The second-order valence-corrected chi connectivity index (χ2v) is 5.71. The number of nitrogens with two attached hydrogens (primary N) is 1. The molecule has 1 aliphatic heterocycles. The van der Waals surface area contributed by atoms with Gasteiger partial charge in [-0.15, -0.1) is 0 Å². The fraction of sp³-hybridized carbons (Fsp3) is 0.588. The van der Waals surface area contributed by atoms with Crippen molar-refractivity contribution in [3.63, 3.8) is 0 Å². The summed E-state index contributed by atoms with van der Waals surface area (Å²) in [6.07, 6.45) is 3.09. The number of para-hydroxylation sites is 1. The Morgan fingerprint density at radius 3 is 2.81 bits per heavy atom. The SMILES string of the molecule is CCCC(CN)(CC1Cc2ccccc2O1)C(=O)OCC. The summed E-state index contributed by atoms with van der Waals surface area (Å²) in [7, 11) is 0. The first-order valence-electron chi connectivity index (χ1n) is 7.77. The van der Waals surface area contributed by atoms with Gasteiger partial charge < -0.3 is 15.2 Å². The largest absolute Gasteiger partial charge is 0.490 e. The number of hydrogen-bond acceptors (Lipinski definition) is 4. The highest BCUT2D eigenvalue weighted by Gasteiger charge is 2.42. The molecule has 4 heteroatoms. The van der Waals surface area contributed by atoms with Crippen molar-refractivity contribution in [2.75, 3.05) is 13.2 Å². The topological polar surface area (TPSA) is 61.5 Å². The Bertz CT molecular complexity index is 464. The van der Waals surface area contributed by atoms with Crippen LogP contribution in [0.3, 0.4) is 0 Å². The maximum Gasteiger partial charge on any atom is 0.313 e. The van der Waals surface area contributed by atoms with Gasteiger partial charge >= 0.3 is 5.97 Å². The number of rotatable bonds is 7. The molecule has 1 aromatic rings. The van der Waals surface area contributed by atoms with Gasteiger partial charge in [0.05, 0.1) is 12.0 Å². The standard InChI is InChI=1S/C17H25NO3/c1-3-9-17(12-18,16(19)20-4-2)11-14-10-13-7-5-6-8-15(13)21-14/h5-8,14H,3-4,9-12,18H2,1-2H3. The molecule has 2 atom stereocenters. The molecule has 0 amide bonds. The normalized spacial score (nSPS) is 19.5. The molecule has 0 aromatic heterocycles. The van der Waals surface area contributed by atoms with Crippen LogP contribution in [0.4, 0.5) is 0 Å². The van der Waals surface area contributed by atoms with E-state index in [9.17, 15) is 4.79 Å². The van der Waals surface area contributed by atoms with Crippen LogP contribution in [0.1, 0.15) is 38.7 Å². The molecular formula is C17H25NO3. The molecule has 1 aromatic carbocycles. The van der Waals surface area contributed by atoms with Crippen LogP contribution in [0.2, 0.25) is 0 Å². The number of fused-ring (bicyclic) bond motifs is 1. The minimum atomic E-state index is -0.628. The van der Waals surface area contributed by atoms with Gasteiger partial charge in [0.25, 0.3) is 0 Å². The molecule has 0 saturated heterocycles. The van der Waals surface area contributed by atoms with Crippen molar-refractivity contribution in [3.8, 4) is 5.75 Å². The highest BCUT2D eigenvalue weighted by Crippen LogP contribution is 2.37. The Balaban J connectivity index is 2.11. The van der Waals surface area contributed by atoms with Crippen molar-refractivity contribution in [1.29, 1.82) is 0 Å². The van der Waals surface area contributed by atoms with E-state index in [0.717, 1.165) is 25.0 Å². The van der Waals surface area contributed by atoms with Crippen molar-refractivity contribution >= 4 is 5.97 Å². The maximum absolute atomic E-state index is 12.4. The average Bonchev–Trinajstić information content (AvgIpc) is 2.89. The first-order chi connectivity index (χ1) is 10.1. The van der Waals surface area contributed by atoms with Gasteiger partial charge in [0.1, 0.15) is 11.9 Å². The Labute approximate surface area is 126 Å². The third kappa shape index (κ3) is 3.38. The summed E-state index contributed by atoms with van der Waals surface area (Å²) in [6, 6.07) is 8.03. The van der Waals surface area contributed by atoms with Crippen molar-refractivity contribution in [1.82, 2.24) is 0 Å². The Morgan fingerprint density at radius 1 is 1.43 bits per heavy atom. The van der Waals surface area contributed by atoms with Gasteiger partial charge in [0, 0.05) is 19.4 Å². The number of esters is 1. The fourth-order valence-corrected chi connectivity index (χ4v) is 3.12. The molecule has 2 N–H and O–H groups in total. The van der Waals surface area contributed by atoms with E-state index in [0.29, 0.717) is 19.6 Å². The van der Waals surface area contributed by atoms with E-state index < -0.39 is 5.41 Å². The molecule has 0 fully saturated rings. The van der Waals surface area contributed by atoms with Crippen molar-refractivity contribution < 1.29 is 14.3 Å². The van der Waals surface area contributed by atoms with E-state index >= 15 is 0 Å². The van der Waals surface area contributed by atoms with E-state index in [1.54, 1.807) is 0 Å². The summed E-state index contributed by atoms with van der Waals surface area (Å²) in [5.41, 5.74) is 6.53. The number of hydrogen-bond donors (Lipinski definition) is 1. The van der Waals surface area contributed by atoms with Crippen molar-refractivity contribution in [2.45, 2.75) is 45.6 Å². The lowest BCUT2D eigenvalue weighted by Gasteiger charge is -2.31.